The number of hydrogen-bond acceptors (Lipinski definition) is 3. The summed E-state index contributed by atoms with van der Waals surface area (Å²) in [6.45, 7) is 4.56. The molecule has 1 aliphatic heterocycles. The van der Waals surface area contributed by atoms with E-state index in [9.17, 15) is 18.0 Å². The normalized spacial score (nSPS) is 20.2. The number of thiophene rings is 1. The van der Waals surface area contributed by atoms with E-state index in [1.54, 1.807) is 11.3 Å². The number of fused-ring (bicyclic) bond motifs is 1. The van der Waals surface area contributed by atoms with E-state index < -0.39 is 11.7 Å². The highest BCUT2D eigenvalue weighted by atomic mass is 32.1. The molecule has 1 saturated heterocycles. The second-order valence-corrected chi connectivity index (χ2v) is 8.78. The molecule has 0 bridgehead atoms. The highest BCUT2D eigenvalue weighted by molar-refractivity contribution is 7.14. The lowest BCUT2D eigenvalue weighted by Crippen LogP contribution is -2.50. The number of aryl methyl sites for hydroxylation is 1. The maximum Gasteiger partial charge on any atom is 0.419 e. The number of piperazine rings is 1. The first-order valence-corrected chi connectivity index (χ1v) is 10.4. The van der Waals surface area contributed by atoms with Crippen LogP contribution in [0, 0.1) is 5.92 Å². The van der Waals surface area contributed by atoms with E-state index in [0.29, 0.717) is 37.9 Å². The van der Waals surface area contributed by atoms with Gasteiger partial charge in [-0.2, -0.15) is 13.2 Å². The van der Waals surface area contributed by atoms with Crippen LogP contribution in [0.2, 0.25) is 0 Å². The van der Waals surface area contributed by atoms with Crippen molar-refractivity contribution >= 4 is 23.1 Å². The average Bonchev–Trinajstić information content (AvgIpc) is 3.10. The molecule has 1 N–H and O–H groups in total. The number of amides is 1. The molecule has 8 heteroatoms. The largest absolute Gasteiger partial charge is 0.419 e. The third-order valence-corrected chi connectivity index (χ3v) is 6.80. The van der Waals surface area contributed by atoms with Crippen LogP contribution in [0.4, 0.5) is 19.0 Å². The van der Waals surface area contributed by atoms with Crippen molar-refractivity contribution in [3.8, 4) is 0 Å². The van der Waals surface area contributed by atoms with E-state index in [1.165, 1.54) is 22.9 Å². The Bertz CT molecular complexity index is 855. The number of rotatable bonds is 2. The third-order valence-electron chi connectivity index (χ3n) is 5.57. The lowest BCUT2D eigenvalue weighted by atomic mass is 9.90. The summed E-state index contributed by atoms with van der Waals surface area (Å²) in [5.74, 6) is 1.39. The van der Waals surface area contributed by atoms with Crippen LogP contribution in [0.25, 0.3) is 0 Å². The van der Waals surface area contributed by atoms with Gasteiger partial charge in [0.15, 0.2) is 0 Å². The van der Waals surface area contributed by atoms with E-state index in [1.807, 2.05) is 9.80 Å². The molecule has 1 aliphatic carbocycles. The molecule has 1 atom stereocenters. The Kier molecular flexibility index (Phi) is 5.07. The van der Waals surface area contributed by atoms with E-state index in [4.69, 9.17) is 0 Å². The zero-order valence-electron chi connectivity index (χ0n) is 15.7. The van der Waals surface area contributed by atoms with Gasteiger partial charge in [-0.25, -0.2) is 4.98 Å². The van der Waals surface area contributed by atoms with Crippen molar-refractivity contribution in [1.29, 1.82) is 0 Å². The van der Waals surface area contributed by atoms with Crippen molar-refractivity contribution in [2.24, 2.45) is 5.92 Å². The number of nitrogens with one attached hydrogen (secondary N) is 1. The summed E-state index contributed by atoms with van der Waals surface area (Å²) in [5, 5.41) is 0. The predicted molar refractivity (Wildman–Crippen MR) is 102 cm³/mol. The summed E-state index contributed by atoms with van der Waals surface area (Å²) < 4.78 is 38.1. The van der Waals surface area contributed by atoms with Crippen LogP contribution in [0.5, 0.6) is 0 Å². The Morgan fingerprint density at radius 3 is 2.61 bits per heavy atom. The SMILES string of the molecule is C[C@@H]1CCc2sc(C(=O)N3CCN(c4ccc(C(F)(F)F)c[nH+]4)CC3)cc2C1. The summed E-state index contributed by atoms with van der Waals surface area (Å²) >= 11 is 1.62. The minimum absolute atomic E-state index is 0.0723. The zero-order chi connectivity index (χ0) is 19.9. The highest BCUT2D eigenvalue weighted by Crippen LogP contribution is 2.33. The number of alkyl halides is 3. The van der Waals surface area contributed by atoms with Crippen LogP contribution in [0.15, 0.2) is 24.4 Å². The summed E-state index contributed by atoms with van der Waals surface area (Å²) in [6.07, 6.45) is -0.0616. The second-order valence-electron chi connectivity index (χ2n) is 7.65. The minimum Gasteiger partial charge on any atom is -0.330 e. The van der Waals surface area contributed by atoms with Crippen LogP contribution < -0.4 is 9.88 Å². The Morgan fingerprint density at radius 2 is 1.96 bits per heavy atom. The topological polar surface area (TPSA) is 37.7 Å². The lowest BCUT2D eigenvalue weighted by molar-refractivity contribution is -0.367. The van der Waals surface area contributed by atoms with Gasteiger partial charge in [-0.1, -0.05) is 6.92 Å². The molecule has 150 valence electrons. The number of carbonyl (C=O) groups excluding carboxylic acids is 1. The van der Waals surface area contributed by atoms with Gasteiger partial charge in [0, 0.05) is 10.9 Å². The number of halogens is 3. The molecular formula is C20H23F3N3OS+. The maximum atomic E-state index is 12.9. The average molecular weight is 410 g/mol. The smallest absolute Gasteiger partial charge is 0.330 e. The third kappa shape index (κ3) is 3.87. The Morgan fingerprint density at radius 1 is 1.21 bits per heavy atom. The molecule has 0 radical (unpaired) electrons. The van der Waals surface area contributed by atoms with Crippen molar-refractivity contribution in [2.45, 2.75) is 32.4 Å². The van der Waals surface area contributed by atoms with Crippen molar-refractivity contribution in [2.75, 3.05) is 31.1 Å². The Balaban J connectivity index is 1.38. The first-order chi connectivity index (χ1) is 13.3. The molecule has 1 fully saturated rings. The number of pyridine rings is 1. The second kappa shape index (κ2) is 7.39. The van der Waals surface area contributed by atoms with Crippen LogP contribution >= 0.6 is 11.3 Å². The van der Waals surface area contributed by atoms with Gasteiger partial charge in [-0.15, -0.1) is 11.3 Å². The fourth-order valence-electron chi connectivity index (χ4n) is 3.91. The number of anilines is 1. The minimum atomic E-state index is -4.35. The van der Waals surface area contributed by atoms with Crippen molar-refractivity contribution < 1.29 is 22.9 Å². The number of nitrogens with zero attached hydrogens (tertiary/aromatic N) is 2. The zero-order valence-corrected chi connectivity index (χ0v) is 16.5. The summed E-state index contributed by atoms with van der Waals surface area (Å²) in [7, 11) is 0. The van der Waals surface area contributed by atoms with Crippen LogP contribution in [0.1, 0.15) is 39.0 Å². The highest BCUT2D eigenvalue weighted by Gasteiger charge is 2.33. The van der Waals surface area contributed by atoms with E-state index >= 15 is 0 Å². The first-order valence-electron chi connectivity index (χ1n) is 9.56. The summed E-state index contributed by atoms with van der Waals surface area (Å²) in [4.78, 5) is 21.6. The molecule has 0 aromatic carbocycles. The van der Waals surface area contributed by atoms with Gasteiger partial charge in [0.05, 0.1) is 23.5 Å². The number of aromatic nitrogens is 1. The van der Waals surface area contributed by atoms with Gasteiger partial charge >= 0.3 is 6.18 Å². The van der Waals surface area contributed by atoms with Gasteiger partial charge in [-0.05, 0) is 42.9 Å². The first kappa shape index (κ1) is 19.2. The molecule has 2 aliphatic rings. The fourth-order valence-corrected chi connectivity index (χ4v) is 5.08. The van der Waals surface area contributed by atoms with Gasteiger partial charge in [-0.3, -0.25) is 9.69 Å². The number of H-pyrrole nitrogens is 1. The van der Waals surface area contributed by atoms with Crippen molar-refractivity contribution in [1.82, 2.24) is 4.90 Å². The molecule has 4 nitrogen and oxygen atoms in total. The summed E-state index contributed by atoms with van der Waals surface area (Å²) in [6, 6.07) is 4.60. The summed E-state index contributed by atoms with van der Waals surface area (Å²) in [5.41, 5.74) is 0.631. The van der Waals surface area contributed by atoms with Gasteiger partial charge in [0.2, 0.25) is 0 Å². The fraction of sp³-hybridized carbons (Fsp3) is 0.500. The molecule has 4 rings (SSSR count). The van der Waals surface area contributed by atoms with E-state index in [2.05, 4.69) is 18.0 Å². The van der Waals surface area contributed by atoms with E-state index in [-0.39, 0.29) is 5.91 Å². The van der Waals surface area contributed by atoms with Gasteiger partial charge in [0.1, 0.15) is 19.3 Å². The molecule has 0 unspecified atom stereocenters. The molecule has 1 amide bonds. The molecular weight excluding hydrogens is 387 g/mol. The van der Waals surface area contributed by atoms with Crippen LogP contribution in [0.3, 0.4) is 0 Å². The lowest BCUT2D eigenvalue weighted by Gasteiger charge is -2.30. The molecule has 0 spiro atoms. The molecule has 2 aromatic rings. The molecule has 3 heterocycles. The number of hydrogen-bond donors (Lipinski definition) is 0. The maximum absolute atomic E-state index is 12.9. The van der Waals surface area contributed by atoms with Crippen molar-refractivity contribution in [3.05, 3.63) is 45.3 Å². The molecule has 28 heavy (non-hydrogen) atoms. The quantitative estimate of drug-likeness (QED) is 0.758. The Labute approximate surface area is 166 Å². The van der Waals surface area contributed by atoms with Gasteiger partial charge in [0.25, 0.3) is 11.7 Å². The van der Waals surface area contributed by atoms with Crippen molar-refractivity contribution in [3.63, 3.8) is 0 Å². The number of carbonyl (C=O) groups is 1. The van der Waals surface area contributed by atoms with Gasteiger partial charge < -0.3 is 4.90 Å². The monoisotopic (exact) mass is 410 g/mol. The van der Waals surface area contributed by atoms with Crippen LogP contribution in [-0.4, -0.2) is 37.0 Å². The Hall–Kier alpha value is -2.09. The predicted octanol–water partition coefficient (Wildman–Crippen LogP) is 3.67. The van der Waals surface area contributed by atoms with E-state index in [0.717, 1.165) is 30.0 Å². The van der Waals surface area contributed by atoms with Crippen LogP contribution in [-0.2, 0) is 19.0 Å². The molecule has 2 aromatic heterocycles. The number of aromatic amines is 1. The molecule has 0 saturated carbocycles. The standard InChI is InChI=1S/C20H22F3N3OS/c1-13-2-4-16-14(10-13)11-17(28-16)19(27)26-8-6-25(7-9-26)18-5-3-15(12-24-18)20(21,22)23/h3,5,11-13H,2,4,6-10H2,1H3/p+1/t13-/m1/s1.